The SMILES string of the molecule is CC/C(C)=C\C=C(/C)N(C1=CC=C(C(C)(C)C)CC1)c1ccc(C(C)(C)C)cc1. The first-order valence-electron chi connectivity index (χ1n) is 11.1. The van der Waals surface area contributed by atoms with Crippen LogP contribution in [-0.4, -0.2) is 0 Å². The minimum Gasteiger partial charge on any atom is -0.318 e. The van der Waals surface area contributed by atoms with Gasteiger partial charge in [-0.2, -0.15) is 0 Å². The van der Waals surface area contributed by atoms with Crippen molar-refractivity contribution < 1.29 is 0 Å². The van der Waals surface area contributed by atoms with Crippen molar-refractivity contribution >= 4 is 5.69 Å². The number of benzene rings is 1. The molecule has 0 saturated heterocycles. The molecule has 0 unspecified atom stereocenters. The molecule has 2 rings (SSSR count). The van der Waals surface area contributed by atoms with Gasteiger partial charge >= 0.3 is 0 Å². The molecule has 1 aliphatic carbocycles. The van der Waals surface area contributed by atoms with Crippen molar-refractivity contribution in [3.8, 4) is 0 Å². The first kappa shape index (κ1) is 23.3. The standard InChI is InChI=1S/C28H41N/c1-10-21(2)11-12-22(3)29(25-17-13-23(14-18-25)27(4,5)6)26-19-15-24(16-20-26)28(7,8)9/h11-15,17-19H,10,16,20H2,1-9H3/b21-11-,22-12+. The Morgan fingerprint density at radius 1 is 0.862 bits per heavy atom. The highest BCUT2D eigenvalue weighted by Gasteiger charge is 2.22. The number of hydrogen-bond donors (Lipinski definition) is 0. The van der Waals surface area contributed by atoms with E-state index in [1.165, 1.54) is 33.8 Å². The molecule has 1 aliphatic rings. The van der Waals surface area contributed by atoms with Gasteiger partial charge in [-0.25, -0.2) is 0 Å². The number of hydrogen-bond acceptors (Lipinski definition) is 1. The van der Waals surface area contributed by atoms with Crippen LogP contribution in [-0.2, 0) is 5.41 Å². The highest BCUT2D eigenvalue weighted by molar-refractivity contribution is 5.60. The molecule has 0 aliphatic heterocycles. The molecular formula is C28H41N. The molecular weight excluding hydrogens is 350 g/mol. The van der Waals surface area contributed by atoms with E-state index in [1.54, 1.807) is 0 Å². The first-order chi connectivity index (χ1) is 13.4. The second kappa shape index (κ2) is 9.20. The zero-order valence-corrected chi connectivity index (χ0v) is 20.2. The molecule has 0 amide bonds. The van der Waals surface area contributed by atoms with E-state index in [0.717, 1.165) is 19.3 Å². The maximum absolute atomic E-state index is 2.43. The van der Waals surface area contributed by atoms with Gasteiger partial charge in [0.2, 0.25) is 0 Å². The van der Waals surface area contributed by atoms with Crippen LogP contribution in [0.15, 0.2) is 71.1 Å². The van der Waals surface area contributed by atoms with Gasteiger partial charge in [0, 0.05) is 17.1 Å². The summed E-state index contributed by atoms with van der Waals surface area (Å²) in [5.74, 6) is 0. The average molecular weight is 392 g/mol. The lowest BCUT2D eigenvalue weighted by molar-refractivity contribution is 0.478. The molecule has 0 saturated carbocycles. The van der Waals surface area contributed by atoms with Crippen molar-refractivity contribution in [2.24, 2.45) is 5.41 Å². The summed E-state index contributed by atoms with van der Waals surface area (Å²) in [6.07, 6.45) is 12.5. The van der Waals surface area contributed by atoms with Crippen LogP contribution in [0.5, 0.6) is 0 Å². The van der Waals surface area contributed by atoms with Crippen LogP contribution in [0.4, 0.5) is 5.69 Å². The Hall–Kier alpha value is -2.02. The maximum atomic E-state index is 2.43. The lowest BCUT2D eigenvalue weighted by Gasteiger charge is -2.33. The zero-order chi connectivity index (χ0) is 21.8. The van der Waals surface area contributed by atoms with E-state index in [1.807, 2.05) is 0 Å². The molecule has 29 heavy (non-hydrogen) atoms. The van der Waals surface area contributed by atoms with Gasteiger partial charge in [-0.15, -0.1) is 0 Å². The fourth-order valence-corrected chi connectivity index (χ4v) is 3.60. The van der Waals surface area contributed by atoms with E-state index < -0.39 is 0 Å². The zero-order valence-electron chi connectivity index (χ0n) is 20.2. The van der Waals surface area contributed by atoms with Gasteiger partial charge in [0.05, 0.1) is 0 Å². The van der Waals surface area contributed by atoms with E-state index in [2.05, 4.69) is 116 Å². The maximum Gasteiger partial charge on any atom is 0.0455 e. The Morgan fingerprint density at radius 3 is 1.93 bits per heavy atom. The quantitative estimate of drug-likeness (QED) is 0.454. The lowest BCUT2D eigenvalue weighted by atomic mass is 9.81. The topological polar surface area (TPSA) is 3.24 Å². The Bertz CT molecular complexity index is 815. The van der Waals surface area contributed by atoms with E-state index in [0.29, 0.717) is 0 Å². The van der Waals surface area contributed by atoms with Gasteiger partial charge < -0.3 is 4.90 Å². The Balaban J connectivity index is 2.47. The van der Waals surface area contributed by atoms with Gasteiger partial charge in [-0.1, -0.05) is 83.9 Å². The highest BCUT2D eigenvalue weighted by atomic mass is 15.2. The van der Waals surface area contributed by atoms with Gasteiger partial charge in [-0.3, -0.25) is 0 Å². The van der Waals surface area contributed by atoms with Gasteiger partial charge in [-0.05, 0) is 73.8 Å². The van der Waals surface area contributed by atoms with Crippen LogP contribution in [0.1, 0.15) is 87.1 Å². The molecule has 0 atom stereocenters. The summed E-state index contributed by atoms with van der Waals surface area (Å²) in [7, 11) is 0. The molecule has 0 bridgehead atoms. The largest absolute Gasteiger partial charge is 0.318 e. The number of nitrogens with zero attached hydrogens (tertiary/aromatic N) is 1. The molecule has 1 nitrogen and oxygen atoms in total. The fourth-order valence-electron chi connectivity index (χ4n) is 3.60. The monoisotopic (exact) mass is 391 g/mol. The van der Waals surface area contributed by atoms with Crippen LogP contribution < -0.4 is 4.90 Å². The predicted octanol–water partition coefficient (Wildman–Crippen LogP) is 8.70. The van der Waals surface area contributed by atoms with Gasteiger partial charge in [0.15, 0.2) is 0 Å². The molecule has 1 aromatic rings. The van der Waals surface area contributed by atoms with Gasteiger partial charge in [0.1, 0.15) is 0 Å². The minimum atomic E-state index is 0.170. The molecule has 0 spiro atoms. The van der Waals surface area contributed by atoms with Crippen molar-refractivity contribution in [1.82, 2.24) is 0 Å². The summed E-state index contributed by atoms with van der Waals surface area (Å²) >= 11 is 0. The molecule has 1 aromatic carbocycles. The highest BCUT2D eigenvalue weighted by Crippen LogP contribution is 2.37. The van der Waals surface area contributed by atoms with E-state index in [9.17, 15) is 0 Å². The summed E-state index contributed by atoms with van der Waals surface area (Å²) in [5, 5.41) is 0. The molecule has 158 valence electrons. The predicted molar refractivity (Wildman–Crippen MR) is 130 cm³/mol. The average Bonchev–Trinajstić information content (AvgIpc) is 2.65. The molecule has 0 heterocycles. The van der Waals surface area contributed by atoms with Crippen molar-refractivity contribution in [1.29, 1.82) is 0 Å². The van der Waals surface area contributed by atoms with Crippen molar-refractivity contribution in [2.45, 2.75) is 87.0 Å². The smallest absolute Gasteiger partial charge is 0.0455 e. The second-order valence-electron chi connectivity index (χ2n) is 10.4. The number of rotatable bonds is 5. The van der Waals surface area contributed by atoms with Crippen LogP contribution in [0.2, 0.25) is 0 Å². The van der Waals surface area contributed by atoms with Crippen molar-refractivity contribution in [3.63, 3.8) is 0 Å². The molecule has 0 fully saturated rings. The van der Waals surface area contributed by atoms with Gasteiger partial charge in [0.25, 0.3) is 0 Å². The van der Waals surface area contributed by atoms with Crippen LogP contribution in [0.25, 0.3) is 0 Å². The third kappa shape index (κ3) is 6.23. The Kier molecular flexibility index (Phi) is 7.38. The second-order valence-corrected chi connectivity index (χ2v) is 10.4. The van der Waals surface area contributed by atoms with Crippen LogP contribution >= 0.6 is 0 Å². The Morgan fingerprint density at radius 2 is 1.48 bits per heavy atom. The normalized spacial score (nSPS) is 16.4. The molecule has 1 heteroatoms. The van der Waals surface area contributed by atoms with E-state index >= 15 is 0 Å². The molecule has 0 radical (unpaired) electrons. The van der Waals surface area contributed by atoms with E-state index in [-0.39, 0.29) is 10.8 Å². The minimum absolute atomic E-state index is 0.170. The summed E-state index contributed by atoms with van der Waals surface area (Å²) in [5.41, 5.74) is 8.60. The Labute approximate surface area is 179 Å². The third-order valence-corrected chi connectivity index (χ3v) is 5.89. The lowest BCUT2D eigenvalue weighted by Crippen LogP contribution is -2.23. The summed E-state index contributed by atoms with van der Waals surface area (Å²) in [4.78, 5) is 2.43. The van der Waals surface area contributed by atoms with Crippen LogP contribution in [0.3, 0.4) is 0 Å². The number of allylic oxidation sites excluding steroid dienone is 8. The summed E-state index contributed by atoms with van der Waals surface area (Å²) in [6.45, 7) is 20.4. The first-order valence-corrected chi connectivity index (χ1v) is 11.1. The molecule has 0 aromatic heterocycles. The van der Waals surface area contributed by atoms with E-state index in [4.69, 9.17) is 0 Å². The fraction of sp³-hybridized carbons (Fsp3) is 0.500. The summed E-state index contributed by atoms with van der Waals surface area (Å²) < 4.78 is 0. The van der Waals surface area contributed by atoms with Crippen molar-refractivity contribution in [2.75, 3.05) is 4.90 Å². The third-order valence-electron chi connectivity index (χ3n) is 5.89. The van der Waals surface area contributed by atoms with Crippen LogP contribution in [0, 0.1) is 5.41 Å². The summed E-state index contributed by atoms with van der Waals surface area (Å²) in [6, 6.07) is 9.11. The van der Waals surface area contributed by atoms with Crippen molar-refractivity contribution in [3.05, 3.63) is 76.7 Å². The number of anilines is 1. The molecule has 0 N–H and O–H groups in total.